The average Bonchev–Trinajstić information content (AvgIpc) is 3.28. The molecular formula is C49H73N7O8. The molecule has 0 radical (unpaired) electrons. The number of carbonyl (C=O) groups excluding carboxylic acids is 6. The zero-order chi connectivity index (χ0) is 47.0. The minimum atomic E-state index is -1.24. The molecule has 4 bridgehead atoms. The number of rotatable bonds is 27. The molecule has 0 fully saturated rings. The highest BCUT2D eigenvalue weighted by Gasteiger charge is 2.37. The number of benzene rings is 2. The summed E-state index contributed by atoms with van der Waals surface area (Å²) < 4.78 is 12.2. The molecule has 5 atom stereocenters. The first-order chi connectivity index (χ1) is 30.8. The summed E-state index contributed by atoms with van der Waals surface area (Å²) in [7, 11) is 1.50. The normalized spacial score (nSPS) is 17.2. The van der Waals surface area contributed by atoms with Crippen molar-refractivity contribution in [1.82, 2.24) is 15.5 Å². The monoisotopic (exact) mass is 888 g/mol. The lowest BCUT2D eigenvalue weighted by Crippen LogP contribution is -2.46. The molecule has 0 aromatic heterocycles. The van der Waals surface area contributed by atoms with Gasteiger partial charge in [-0.1, -0.05) is 77.8 Å². The fourth-order valence-corrected chi connectivity index (χ4v) is 8.14. The van der Waals surface area contributed by atoms with Crippen molar-refractivity contribution in [2.75, 3.05) is 39.9 Å². The second kappa shape index (κ2) is 28.6. The molecule has 0 aliphatic carbocycles. The van der Waals surface area contributed by atoms with Crippen LogP contribution in [0.5, 0.6) is 11.5 Å². The van der Waals surface area contributed by atoms with E-state index in [1.807, 2.05) is 19.1 Å². The van der Waals surface area contributed by atoms with E-state index in [4.69, 9.17) is 26.7 Å². The van der Waals surface area contributed by atoms with E-state index in [1.165, 1.54) is 31.2 Å². The van der Waals surface area contributed by atoms with Gasteiger partial charge in [-0.05, 0) is 67.6 Å². The molecule has 64 heavy (non-hydrogen) atoms. The summed E-state index contributed by atoms with van der Waals surface area (Å²) in [4.78, 5) is 84.9. The van der Waals surface area contributed by atoms with E-state index in [1.54, 1.807) is 37.3 Å². The van der Waals surface area contributed by atoms with Gasteiger partial charge in [0.1, 0.15) is 30.8 Å². The maximum atomic E-state index is 14.7. The summed E-state index contributed by atoms with van der Waals surface area (Å²) in [5.41, 5.74) is 19.9. The van der Waals surface area contributed by atoms with Crippen molar-refractivity contribution < 1.29 is 38.2 Å². The number of ether oxygens (including phenoxy) is 2. The average molecular weight is 888 g/mol. The van der Waals surface area contributed by atoms with E-state index in [9.17, 15) is 34.0 Å². The van der Waals surface area contributed by atoms with Crippen molar-refractivity contribution in [3.05, 3.63) is 47.5 Å². The zero-order valence-electron chi connectivity index (χ0n) is 38.6. The van der Waals surface area contributed by atoms with Gasteiger partial charge in [0.25, 0.3) is 0 Å². The molecule has 0 unspecified atom stereocenters. The Morgan fingerprint density at radius 3 is 2.11 bits per heavy atom. The number of nitrogens with two attached hydrogens (primary N) is 3. The molecule has 1 aliphatic rings. The quantitative estimate of drug-likeness (QED) is 0.0709. The molecule has 0 saturated heterocycles. The lowest BCUT2D eigenvalue weighted by atomic mass is 9.88. The Hall–Kier alpha value is -5.17. The highest BCUT2D eigenvalue weighted by molar-refractivity contribution is 5.97. The Kier molecular flexibility index (Phi) is 23.7. The van der Waals surface area contributed by atoms with E-state index in [-0.39, 0.29) is 88.8 Å². The first-order valence-electron chi connectivity index (χ1n) is 23.3. The van der Waals surface area contributed by atoms with Gasteiger partial charge in [0.2, 0.25) is 17.7 Å². The van der Waals surface area contributed by atoms with Crippen LogP contribution in [0.3, 0.4) is 0 Å². The maximum Gasteiger partial charge on any atom is 0.226 e. The van der Waals surface area contributed by atoms with Crippen LogP contribution in [0.15, 0.2) is 36.4 Å². The molecular weight excluding hydrogens is 815 g/mol. The number of likely N-dealkylation sites (N-methyl/N-ethyl adjacent to an activating group) is 1. The van der Waals surface area contributed by atoms with Gasteiger partial charge in [0, 0.05) is 75.2 Å². The van der Waals surface area contributed by atoms with Crippen molar-refractivity contribution in [3.8, 4) is 28.7 Å². The predicted molar refractivity (Wildman–Crippen MR) is 247 cm³/mol. The highest BCUT2D eigenvalue weighted by Crippen LogP contribution is 2.41. The number of carbonyl (C=O) groups is 6. The van der Waals surface area contributed by atoms with Crippen molar-refractivity contribution >= 4 is 35.1 Å². The molecule has 2 aromatic carbocycles. The number of amides is 3. The van der Waals surface area contributed by atoms with E-state index in [0.29, 0.717) is 53.0 Å². The molecule has 1 heterocycles. The number of unbranched alkanes of at least 4 members (excludes halogenated alkanes) is 6. The molecule has 2 aromatic rings. The second-order valence-electron chi connectivity index (χ2n) is 16.9. The SMILES string of the molecule is CCCCCCCCCC(=O)N[C@H](CCC)C(=O)C[C@@H](CCN)C(=O)N(C)[C@@H]1C(=O)C[C@@H](C)C(=O)N[C@H](C(=O)CCC#N)Cc2ccc(OCCN)c(c2)-c2cc1ccc2OCCN. The van der Waals surface area contributed by atoms with Crippen LogP contribution < -0.4 is 37.3 Å². The number of nitrogens with one attached hydrogen (secondary N) is 2. The maximum absolute atomic E-state index is 14.7. The minimum Gasteiger partial charge on any atom is -0.492 e. The van der Waals surface area contributed by atoms with Gasteiger partial charge >= 0.3 is 0 Å². The number of Topliss-reactive ketones (excluding diaryl/α,β-unsaturated/α-hetero) is 3. The largest absolute Gasteiger partial charge is 0.492 e. The Morgan fingerprint density at radius 2 is 1.48 bits per heavy atom. The molecule has 352 valence electrons. The van der Waals surface area contributed by atoms with Crippen molar-refractivity contribution in [2.24, 2.45) is 29.0 Å². The molecule has 1 aliphatic heterocycles. The fourth-order valence-electron chi connectivity index (χ4n) is 8.14. The Balaban J connectivity index is 2.08. The predicted octanol–water partition coefficient (Wildman–Crippen LogP) is 5.39. The number of nitrogens with zero attached hydrogens (tertiary/aromatic N) is 2. The molecule has 3 rings (SSSR count). The van der Waals surface area contributed by atoms with E-state index in [0.717, 1.165) is 25.7 Å². The van der Waals surface area contributed by atoms with E-state index < -0.39 is 47.6 Å². The van der Waals surface area contributed by atoms with Crippen molar-refractivity contribution in [3.63, 3.8) is 0 Å². The lowest BCUT2D eigenvalue weighted by molar-refractivity contribution is -0.144. The van der Waals surface area contributed by atoms with Gasteiger partial charge in [-0.25, -0.2) is 0 Å². The van der Waals surface area contributed by atoms with Crippen molar-refractivity contribution in [1.29, 1.82) is 5.26 Å². The molecule has 0 saturated carbocycles. The Morgan fingerprint density at radius 1 is 0.844 bits per heavy atom. The smallest absolute Gasteiger partial charge is 0.226 e. The van der Waals surface area contributed by atoms with Crippen LogP contribution in [0, 0.1) is 23.2 Å². The first kappa shape index (κ1) is 53.2. The van der Waals surface area contributed by atoms with Gasteiger partial charge in [-0.3, -0.25) is 28.8 Å². The van der Waals surface area contributed by atoms with Crippen LogP contribution in [-0.4, -0.2) is 92.0 Å². The van der Waals surface area contributed by atoms with Crippen LogP contribution in [0.2, 0.25) is 0 Å². The summed E-state index contributed by atoms with van der Waals surface area (Å²) in [6.07, 6.45) is 8.43. The number of nitriles is 1. The van der Waals surface area contributed by atoms with E-state index in [2.05, 4.69) is 17.6 Å². The third-order valence-electron chi connectivity index (χ3n) is 11.6. The summed E-state index contributed by atoms with van der Waals surface area (Å²) in [5, 5.41) is 15.0. The van der Waals surface area contributed by atoms with Crippen LogP contribution in [0.25, 0.3) is 11.1 Å². The molecule has 8 N–H and O–H groups in total. The number of hydrogen-bond donors (Lipinski definition) is 5. The molecule has 3 amide bonds. The van der Waals surface area contributed by atoms with Gasteiger partial charge in [0.05, 0.1) is 18.2 Å². The third-order valence-corrected chi connectivity index (χ3v) is 11.6. The summed E-state index contributed by atoms with van der Waals surface area (Å²) in [5.74, 6) is -3.29. The van der Waals surface area contributed by atoms with Gasteiger partial charge < -0.3 is 42.2 Å². The van der Waals surface area contributed by atoms with Crippen molar-refractivity contribution in [2.45, 2.75) is 142 Å². The summed E-state index contributed by atoms with van der Waals surface area (Å²) >= 11 is 0. The second-order valence-corrected chi connectivity index (χ2v) is 16.9. The zero-order valence-corrected chi connectivity index (χ0v) is 38.6. The number of fused-ring (bicyclic) bond motifs is 5. The molecule has 15 heteroatoms. The third kappa shape index (κ3) is 16.4. The lowest BCUT2D eigenvalue weighted by Gasteiger charge is -2.32. The van der Waals surface area contributed by atoms with Gasteiger partial charge in [-0.2, -0.15) is 5.26 Å². The van der Waals surface area contributed by atoms with Crippen LogP contribution in [0.4, 0.5) is 0 Å². The summed E-state index contributed by atoms with van der Waals surface area (Å²) in [6.45, 7) is 6.54. The van der Waals surface area contributed by atoms with E-state index >= 15 is 0 Å². The molecule has 0 spiro atoms. The van der Waals surface area contributed by atoms with Gasteiger partial charge in [-0.15, -0.1) is 0 Å². The number of ketones is 3. The topological polar surface area (TPSA) is 250 Å². The van der Waals surface area contributed by atoms with Gasteiger partial charge in [0.15, 0.2) is 17.3 Å². The Labute approximate surface area is 379 Å². The standard InChI is InChI=1S/C49H73N7O8/c1-5-7-8-9-10-11-12-16-46(60)54-39(14-6-2)42(58)32-36(21-23-51)49(62)56(4)47-35-18-20-45(64-27-25-53)38(31-35)37-29-34(17-19-44(37)63-26-24-52)30-40(41(57)15-13-22-50)55-48(61)33(3)28-43(47)59/h17-20,29,31,33,36,39-40,47H,5-16,21,23-28,30,32,51-53H2,1-4H3,(H,54,60)(H,55,61)/t33-,36-,39-,40+,47+/m1/s1. The molecule has 15 nitrogen and oxygen atoms in total. The first-order valence-corrected chi connectivity index (χ1v) is 23.3. The van der Waals surface area contributed by atoms with Crippen LogP contribution in [0.1, 0.15) is 134 Å². The fraction of sp³-hybridized carbons (Fsp3) is 0.612. The number of hydrogen-bond acceptors (Lipinski definition) is 12. The van der Waals surface area contributed by atoms with Crippen LogP contribution in [-0.2, 0) is 35.2 Å². The minimum absolute atomic E-state index is 0.0308. The highest BCUT2D eigenvalue weighted by atomic mass is 16.5. The van der Waals surface area contributed by atoms with Crippen LogP contribution >= 0.6 is 0 Å². The Bertz CT molecular complexity index is 1900. The summed E-state index contributed by atoms with van der Waals surface area (Å²) in [6, 6.07) is 9.46.